The molecular formula is C11H15NO4S2. The summed E-state index contributed by atoms with van der Waals surface area (Å²) < 4.78 is 27.5. The van der Waals surface area contributed by atoms with Gasteiger partial charge in [0.05, 0.1) is 23.1 Å². The van der Waals surface area contributed by atoms with Crippen LogP contribution < -0.4 is 0 Å². The molecule has 1 saturated heterocycles. The molecule has 1 aromatic rings. The molecule has 0 unspecified atom stereocenters. The van der Waals surface area contributed by atoms with Gasteiger partial charge in [-0.25, -0.2) is 18.2 Å². The van der Waals surface area contributed by atoms with E-state index < -0.39 is 15.8 Å². The lowest BCUT2D eigenvalue weighted by molar-refractivity contribution is 0.0520. The number of hydrogen-bond acceptors (Lipinski definition) is 6. The summed E-state index contributed by atoms with van der Waals surface area (Å²) in [4.78, 5) is 15.7. The largest absolute Gasteiger partial charge is 0.461 e. The summed E-state index contributed by atoms with van der Waals surface area (Å²) in [6, 6.07) is 0. The van der Waals surface area contributed by atoms with Crippen LogP contribution in [-0.4, -0.2) is 37.5 Å². The van der Waals surface area contributed by atoms with E-state index >= 15 is 0 Å². The average Bonchev–Trinajstić information content (AvgIpc) is 2.79. The second-order valence-electron chi connectivity index (χ2n) is 4.22. The van der Waals surface area contributed by atoms with Gasteiger partial charge in [0.2, 0.25) is 0 Å². The maximum Gasteiger partial charge on any atom is 0.357 e. The molecule has 0 amide bonds. The lowest BCUT2D eigenvalue weighted by Crippen LogP contribution is -2.22. The minimum Gasteiger partial charge on any atom is -0.461 e. The third kappa shape index (κ3) is 3.08. The van der Waals surface area contributed by atoms with Crippen LogP contribution in [0.2, 0.25) is 0 Å². The highest BCUT2D eigenvalue weighted by Gasteiger charge is 2.27. The molecule has 7 heteroatoms. The Labute approximate surface area is 110 Å². The summed E-state index contributed by atoms with van der Waals surface area (Å²) in [5, 5.41) is 2.52. The van der Waals surface area contributed by atoms with Crippen molar-refractivity contribution in [1.82, 2.24) is 4.98 Å². The van der Waals surface area contributed by atoms with E-state index in [2.05, 4.69) is 4.98 Å². The third-order valence-corrected chi connectivity index (χ3v) is 5.63. The molecule has 1 aliphatic rings. The molecule has 0 aliphatic carbocycles. The highest BCUT2D eigenvalue weighted by molar-refractivity contribution is 7.91. The zero-order valence-electron chi connectivity index (χ0n) is 10.1. The Morgan fingerprint density at radius 3 is 2.78 bits per heavy atom. The predicted octanol–water partition coefficient (Wildman–Crippen LogP) is 1.61. The monoisotopic (exact) mass is 289 g/mol. The van der Waals surface area contributed by atoms with Crippen molar-refractivity contribution in [3.63, 3.8) is 0 Å². The van der Waals surface area contributed by atoms with Gasteiger partial charge < -0.3 is 4.74 Å². The number of sulfone groups is 1. The topological polar surface area (TPSA) is 73.3 Å². The summed E-state index contributed by atoms with van der Waals surface area (Å²) in [7, 11) is -2.86. The smallest absolute Gasteiger partial charge is 0.357 e. The first-order chi connectivity index (χ1) is 8.52. The molecule has 0 N–H and O–H groups in total. The molecular weight excluding hydrogens is 274 g/mol. The fourth-order valence-corrected chi connectivity index (χ4v) is 4.36. The first kappa shape index (κ1) is 13.5. The number of carbonyl (C=O) groups is 1. The fourth-order valence-electron chi connectivity index (χ4n) is 1.91. The molecule has 5 nitrogen and oxygen atoms in total. The van der Waals surface area contributed by atoms with Crippen molar-refractivity contribution in [2.45, 2.75) is 25.7 Å². The third-order valence-electron chi connectivity index (χ3n) is 2.91. The van der Waals surface area contributed by atoms with Crippen molar-refractivity contribution in [1.29, 1.82) is 0 Å². The maximum atomic E-state index is 11.5. The summed E-state index contributed by atoms with van der Waals surface area (Å²) in [5.41, 5.74) is 0.324. The maximum absolute atomic E-state index is 11.5. The van der Waals surface area contributed by atoms with Crippen LogP contribution in [0.25, 0.3) is 0 Å². The highest BCUT2D eigenvalue weighted by Crippen LogP contribution is 2.31. The summed E-state index contributed by atoms with van der Waals surface area (Å²) in [6.07, 6.45) is 1.19. The average molecular weight is 289 g/mol. The van der Waals surface area contributed by atoms with Crippen LogP contribution >= 0.6 is 11.3 Å². The molecule has 1 aromatic heterocycles. The van der Waals surface area contributed by atoms with Crippen LogP contribution in [0.15, 0.2) is 5.38 Å². The van der Waals surface area contributed by atoms with Gasteiger partial charge in [0.25, 0.3) is 0 Å². The van der Waals surface area contributed by atoms with Gasteiger partial charge in [0.15, 0.2) is 5.69 Å². The van der Waals surface area contributed by atoms with E-state index in [1.807, 2.05) is 0 Å². The van der Waals surface area contributed by atoms with Crippen molar-refractivity contribution in [2.24, 2.45) is 0 Å². The minimum absolute atomic E-state index is 0.154. The number of esters is 1. The number of nitrogens with zero attached hydrogens (tertiary/aromatic N) is 1. The Morgan fingerprint density at radius 1 is 1.50 bits per heavy atom. The van der Waals surface area contributed by atoms with Gasteiger partial charge in [-0.2, -0.15) is 0 Å². The number of hydrogen-bond donors (Lipinski definition) is 0. The van der Waals surface area contributed by atoms with E-state index in [9.17, 15) is 13.2 Å². The minimum atomic E-state index is -2.86. The Balaban J connectivity index is 2.05. The molecule has 0 radical (unpaired) electrons. The number of rotatable bonds is 3. The van der Waals surface area contributed by atoms with E-state index in [1.54, 1.807) is 12.3 Å². The van der Waals surface area contributed by atoms with Crippen LogP contribution in [-0.2, 0) is 14.6 Å². The van der Waals surface area contributed by atoms with Gasteiger partial charge in [0, 0.05) is 11.3 Å². The molecule has 0 spiro atoms. The van der Waals surface area contributed by atoms with Crippen molar-refractivity contribution in [3.8, 4) is 0 Å². The molecule has 0 bridgehead atoms. The van der Waals surface area contributed by atoms with Gasteiger partial charge >= 0.3 is 5.97 Å². The molecule has 1 aliphatic heterocycles. The lowest BCUT2D eigenvalue weighted by atomic mass is 10.0. The summed E-state index contributed by atoms with van der Waals surface area (Å²) in [6.45, 7) is 2.07. The number of thiazole rings is 1. The van der Waals surface area contributed by atoms with Crippen LogP contribution in [0, 0.1) is 0 Å². The number of aromatic nitrogens is 1. The van der Waals surface area contributed by atoms with E-state index in [4.69, 9.17) is 4.74 Å². The van der Waals surface area contributed by atoms with Gasteiger partial charge in [-0.15, -0.1) is 11.3 Å². The summed E-state index contributed by atoms with van der Waals surface area (Å²) in [5.74, 6) is 0.169. The van der Waals surface area contributed by atoms with Crippen LogP contribution in [0.4, 0.5) is 0 Å². The van der Waals surface area contributed by atoms with E-state index in [1.165, 1.54) is 11.3 Å². The molecule has 2 rings (SSSR count). The lowest BCUT2D eigenvalue weighted by Gasteiger charge is -2.19. The molecule has 18 heavy (non-hydrogen) atoms. The fraction of sp³-hybridized carbons (Fsp3) is 0.636. The van der Waals surface area contributed by atoms with E-state index in [0.29, 0.717) is 25.1 Å². The van der Waals surface area contributed by atoms with E-state index in [-0.39, 0.29) is 17.4 Å². The van der Waals surface area contributed by atoms with Gasteiger partial charge in [-0.05, 0) is 19.8 Å². The quantitative estimate of drug-likeness (QED) is 0.790. The molecule has 0 atom stereocenters. The van der Waals surface area contributed by atoms with Crippen molar-refractivity contribution in [2.75, 3.05) is 18.1 Å². The Kier molecular flexibility index (Phi) is 4.01. The first-order valence-electron chi connectivity index (χ1n) is 5.85. The van der Waals surface area contributed by atoms with Crippen molar-refractivity contribution < 1.29 is 17.9 Å². The standard InChI is InChI=1S/C11H15NO4S2/c1-2-16-11(13)9-7-17-10(12-9)8-3-5-18(14,15)6-4-8/h7-8H,2-6H2,1H3. The van der Waals surface area contributed by atoms with Gasteiger partial charge in [-0.1, -0.05) is 0 Å². The van der Waals surface area contributed by atoms with E-state index in [0.717, 1.165) is 5.01 Å². The second-order valence-corrected chi connectivity index (χ2v) is 7.41. The van der Waals surface area contributed by atoms with Crippen molar-refractivity contribution in [3.05, 3.63) is 16.1 Å². The molecule has 2 heterocycles. The van der Waals surface area contributed by atoms with Crippen molar-refractivity contribution >= 4 is 27.1 Å². The summed E-state index contributed by atoms with van der Waals surface area (Å²) >= 11 is 1.40. The van der Waals surface area contributed by atoms with Crippen LogP contribution in [0.5, 0.6) is 0 Å². The van der Waals surface area contributed by atoms with Gasteiger partial charge in [-0.3, -0.25) is 0 Å². The Bertz CT molecular complexity index is 521. The predicted molar refractivity (Wildman–Crippen MR) is 68.7 cm³/mol. The van der Waals surface area contributed by atoms with Crippen LogP contribution in [0.3, 0.4) is 0 Å². The number of carbonyl (C=O) groups excluding carboxylic acids is 1. The number of ether oxygens (including phenoxy) is 1. The highest BCUT2D eigenvalue weighted by atomic mass is 32.2. The Morgan fingerprint density at radius 2 is 2.17 bits per heavy atom. The normalized spacial score (nSPS) is 19.6. The molecule has 0 aromatic carbocycles. The first-order valence-corrected chi connectivity index (χ1v) is 8.55. The zero-order valence-corrected chi connectivity index (χ0v) is 11.7. The Hall–Kier alpha value is -0.950. The molecule has 1 fully saturated rings. The SMILES string of the molecule is CCOC(=O)c1csc(C2CCS(=O)(=O)CC2)n1. The second kappa shape index (κ2) is 5.36. The zero-order chi connectivity index (χ0) is 13.2. The molecule has 100 valence electrons. The van der Waals surface area contributed by atoms with Crippen LogP contribution in [0.1, 0.15) is 41.2 Å². The molecule has 0 saturated carbocycles. The van der Waals surface area contributed by atoms with Gasteiger partial charge in [0.1, 0.15) is 9.84 Å².